The van der Waals surface area contributed by atoms with Gasteiger partial charge in [0.25, 0.3) is 0 Å². The van der Waals surface area contributed by atoms with Crippen molar-refractivity contribution in [1.29, 1.82) is 0 Å². The fourth-order valence-electron chi connectivity index (χ4n) is 2.35. The first kappa shape index (κ1) is 13.4. The number of hydrogen-bond acceptors (Lipinski definition) is 3. The zero-order valence-electron chi connectivity index (χ0n) is 11.0. The highest BCUT2D eigenvalue weighted by Crippen LogP contribution is 2.30. The first-order valence-corrected chi connectivity index (χ1v) is 6.28. The number of carboxylic acid groups (broad SMARTS) is 1. The normalized spacial score (nSPS) is 19.0. The van der Waals surface area contributed by atoms with Gasteiger partial charge in [-0.25, -0.2) is 4.79 Å². The SMILES string of the molecule is CC(C)c1ccccc1N1CC(OC(=O)O)CC1=O. The number of benzene rings is 1. The van der Waals surface area contributed by atoms with Gasteiger partial charge in [-0.2, -0.15) is 0 Å². The summed E-state index contributed by atoms with van der Waals surface area (Å²) in [6.45, 7) is 4.41. The molecule has 0 aliphatic carbocycles. The van der Waals surface area contributed by atoms with Gasteiger partial charge >= 0.3 is 6.16 Å². The summed E-state index contributed by atoms with van der Waals surface area (Å²) in [6.07, 6.45) is -1.80. The molecule has 1 aromatic rings. The molecule has 1 fully saturated rings. The standard InChI is InChI=1S/C14H17NO4/c1-9(2)11-5-3-4-6-12(11)15-8-10(7-13(15)16)19-14(17)18/h3-6,9-10H,7-8H2,1-2H3,(H,17,18). The van der Waals surface area contributed by atoms with Crippen molar-refractivity contribution in [3.8, 4) is 0 Å². The van der Waals surface area contributed by atoms with Gasteiger partial charge in [0.15, 0.2) is 0 Å². The number of carbonyl (C=O) groups is 2. The van der Waals surface area contributed by atoms with Gasteiger partial charge in [0.1, 0.15) is 6.10 Å². The van der Waals surface area contributed by atoms with Crippen molar-refractivity contribution in [3.63, 3.8) is 0 Å². The molecule has 19 heavy (non-hydrogen) atoms. The summed E-state index contributed by atoms with van der Waals surface area (Å²) >= 11 is 0. The van der Waals surface area contributed by atoms with Crippen LogP contribution in [0.5, 0.6) is 0 Å². The van der Waals surface area contributed by atoms with Crippen LogP contribution in [0.15, 0.2) is 24.3 Å². The topological polar surface area (TPSA) is 66.8 Å². The molecule has 0 spiro atoms. The number of hydrogen-bond donors (Lipinski definition) is 1. The van der Waals surface area contributed by atoms with Gasteiger partial charge in [-0.3, -0.25) is 4.79 Å². The first-order chi connectivity index (χ1) is 8.99. The maximum atomic E-state index is 12.0. The van der Waals surface area contributed by atoms with Crippen molar-refractivity contribution in [2.75, 3.05) is 11.4 Å². The Labute approximate surface area is 111 Å². The first-order valence-electron chi connectivity index (χ1n) is 6.28. The van der Waals surface area contributed by atoms with E-state index in [1.54, 1.807) is 4.90 Å². The Bertz CT molecular complexity index is 498. The summed E-state index contributed by atoms with van der Waals surface area (Å²) in [4.78, 5) is 24.1. The van der Waals surface area contributed by atoms with Crippen LogP contribution in [-0.2, 0) is 9.53 Å². The highest BCUT2D eigenvalue weighted by atomic mass is 16.7. The van der Waals surface area contributed by atoms with E-state index in [4.69, 9.17) is 5.11 Å². The van der Waals surface area contributed by atoms with Crippen molar-refractivity contribution >= 4 is 17.7 Å². The van der Waals surface area contributed by atoms with E-state index in [0.717, 1.165) is 11.3 Å². The number of rotatable bonds is 3. The van der Waals surface area contributed by atoms with Crippen molar-refractivity contribution in [2.45, 2.75) is 32.3 Å². The van der Waals surface area contributed by atoms with Crippen LogP contribution in [0.4, 0.5) is 10.5 Å². The lowest BCUT2D eigenvalue weighted by Gasteiger charge is -2.21. The Hall–Kier alpha value is -2.04. The molecule has 1 heterocycles. The number of amides is 1. The fraction of sp³-hybridized carbons (Fsp3) is 0.429. The van der Waals surface area contributed by atoms with E-state index in [2.05, 4.69) is 18.6 Å². The number of anilines is 1. The van der Waals surface area contributed by atoms with E-state index in [9.17, 15) is 9.59 Å². The Kier molecular flexibility index (Phi) is 3.74. The summed E-state index contributed by atoms with van der Waals surface area (Å²) < 4.78 is 4.69. The molecule has 1 aliphatic heterocycles. The lowest BCUT2D eigenvalue weighted by molar-refractivity contribution is -0.117. The van der Waals surface area contributed by atoms with Crippen LogP contribution in [0, 0.1) is 0 Å². The molecule has 102 valence electrons. The van der Waals surface area contributed by atoms with E-state index in [1.807, 2.05) is 24.3 Å². The fourth-order valence-corrected chi connectivity index (χ4v) is 2.35. The Balaban J connectivity index is 2.23. The summed E-state index contributed by atoms with van der Waals surface area (Å²) in [6, 6.07) is 7.68. The number of nitrogens with zero attached hydrogens (tertiary/aromatic N) is 1. The average molecular weight is 263 g/mol. The van der Waals surface area contributed by atoms with Crippen LogP contribution >= 0.6 is 0 Å². The molecule has 1 aromatic carbocycles. The van der Waals surface area contributed by atoms with Crippen LogP contribution < -0.4 is 4.90 Å². The van der Waals surface area contributed by atoms with Gasteiger partial charge in [-0.1, -0.05) is 32.0 Å². The van der Waals surface area contributed by atoms with Crippen molar-refractivity contribution in [1.82, 2.24) is 0 Å². The van der Waals surface area contributed by atoms with Gasteiger partial charge in [0.2, 0.25) is 5.91 Å². The van der Waals surface area contributed by atoms with Gasteiger partial charge in [0, 0.05) is 5.69 Å². The highest BCUT2D eigenvalue weighted by molar-refractivity contribution is 5.97. The van der Waals surface area contributed by atoms with Gasteiger partial charge < -0.3 is 14.7 Å². The minimum atomic E-state index is -1.34. The van der Waals surface area contributed by atoms with E-state index in [-0.39, 0.29) is 18.9 Å². The molecule has 2 rings (SSSR count). The molecule has 0 saturated carbocycles. The molecule has 0 radical (unpaired) electrons. The van der Waals surface area contributed by atoms with Crippen molar-refractivity contribution < 1.29 is 19.4 Å². The summed E-state index contributed by atoms with van der Waals surface area (Å²) in [5, 5.41) is 8.61. The summed E-state index contributed by atoms with van der Waals surface area (Å²) in [7, 11) is 0. The molecule has 0 aromatic heterocycles. The van der Waals surface area contributed by atoms with Crippen molar-refractivity contribution in [2.24, 2.45) is 0 Å². The molecule has 1 atom stereocenters. The highest BCUT2D eigenvalue weighted by Gasteiger charge is 2.34. The Morgan fingerprint density at radius 3 is 2.74 bits per heavy atom. The number of ether oxygens (including phenoxy) is 1. The molecule has 1 N–H and O–H groups in total. The summed E-state index contributed by atoms with van der Waals surface area (Å²) in [5.41, 5.74) is 1.92. The smallest absolute Gasteiger partial charge is 0.450 e. The minimum absolute atomic E-state index is 0.0978. The molecule has 1 unspecified atom stereocenters. The predicted molar refractivity (Wildman–Crippen MR) is 70.4 cm³/mol. The molecule has 0 bridgehead atoms. The Morgan fingerprint density at radius 2 is 2.11 bits per heavy atom. The molecular weight excluding hydrogens is 246 g/mol. The lowest BCUT2D eigenvalue weighted by Crippen LogP contribution is -2.27. The van der Waals surface area contributed by atoms with Gasteiger partial charge in [-0.15, -0.1) is 0 Å². The third-order valence-electron chi connectivity index (χ3n) is 3.21. The predicted octanol–water partition coefficient (Wildman–Crippen LogP) is 2.61. The average Bonchev–Trinajstić information content (AvgIpc) is 2.69. The van der Waals surface area contributed by atoms with Crippen LogP contribution in [0.2, 0.25) is 0 Å². The van der Waals surface area contributed by atoms with Gasteiger partial charge in [0.05, 0.1) is 13.0 Å². The van der Waals surface area contributed by atoms with Crippen LogP contribution in [0.25, 0.3) is 0 Å². The zero-order valence-corrected chi connectivity index (χ0v) is 11.0. The third-order valence-corrected chi connectivity index (χ3v) is 3.21. The van der Waals surface area contributed by atoms with Crippen LogP contribution in [0.3, 0.4) is 0 Å². The second-order valence-electron chi connectivity index (χ2n) is 4.93. The molecule has 1 saturated heterocycles. The van der Waals surface area contributed by atoms with Crippen LogP contribution in [0.1, 0.15) is 31.7 Å². The quantitative estimate of drug-likeness (QED) is 0.851. The molecule has 5 nitrogen and oxygen atoms in total. The minimum Gasteiger partial charge on any atom is -0.450 e. The number of carbonyl (C=O) groups excluding carboxylic acids is 1. The Morgan fingerprint density at radius 1 is 1.42 bits per heavy atom. The number of para-hydroxylation sites is 1. The van der Waals surface area contributed by atoms with E-state index in [1.165, 1.54) is 0 Å². The summed E-state index contributed by atoms with van der Waals surface area (Å²) in [5.74, 6) is 0.197. The van der Waals surface area contributed by atoms with Gasteiger partial charge in [-0.05, 0) is 17.5 Å². The largest absolute Gasteiger partial charge is 0.506 e. The molecule has 1 amide bonds. The second-order valence-corrected chi connectivity index (χ2v) is 4.93. The van der Waals surface area contributed by atoms with E-state index < -0.39 is 12.3 Å². The van der Waals surface area contributed by atoms with E-state index in [0.29, 0.717) is 5.92 Å². The molecule has 5 heteroatoms. The monoisotopic (exact) mass is 263 g/mol. The lowest BCUT2D eigenvalue weighted by atomic mass is 10.0. The van der Waals surface area contributed by atoms with E-state index >= 15 is 0 Å². The second kappa shape index (κ2) is 5.30. The maximum Gasteiger partial charge on any atom is 0.506 e. The van der Waals surface area contributed by atoms with Crippen molar-refractivity contribution in [3.05, 3.63) is 29.8 Å². The maximum absolute atomic E-state index is 12.0. The zero-order chi connectivity index (χ0) is 14.0. The molecule has 1 aliphatic rings. The third kappa shape index (κ3) is 2.86. The molecular formula is C14H17NO4. The van der Waals surface area contributed by atoms with Crippen LogP contribution in [-0.4, -0.2) is 29.8 Å².